The normalized spacial score (nSPS) is 20.9. The number of allylic oxidation sites excluding steroid dienone is 1. The molecule has 0 spiro atoms. The Kier molecular flexibility index (Phi) is 4.14. The van der Waals surface area contributed by atoms with Gasteiger partial charge in [0.05, 0.1) is 17.6 Å². The fraction of sp³-hybridized carbons (Fsp3) is 0.389. The van der Waals surface area contributed by atoms with Crippen LogP contribution in [0.3, 0.4) is 0 Å². The van der Waals surface area contributed by atoms with Crippen molar-refractivity contribution in [2.75, 3.05) is 17.7 Å². The third kappa shape index (κ3) is 3.05. The summed E-state index contributed by atoms with van der Waals surface area (Å²) >= 11 is 3.35. The van der Waals surface area contributed by atoms with Gasteiger partial charge in [0.25, 0.3) is 0 Å². The van der Waals surface area contributed by atoms with Crippen LogP contribution < -0.4 is 15.4 Å². The van der Waals surface area contributed by atoms with Crippen LogP contribution in [-0.2, 0) is 4.79 Å². The number of phenols is 1. The van der Waals surface area contributed by atoms with Gasteiger partial charge in [0.2, 0.25) is 11.6 Å². The van der Waals surface area contributed by atoms with Crippen LogP contribution in [0.25, 0.3) is 0 Å². The van der Waals surface area contributed by atoms with Gasteiger partial charge in [-0.25, -0.2) is 4.63 Å². The van der Waals surface area contributed by atoms with Crippen molar-refractivity contribution < 1.29 is 19.3 Å². The second-order valence-electron chi connectivity index (χ2n) is 7.55. The van der Waals surface area contributed by atoms with Gasteiger partial charge in [-0.15, -0.1) is 0 Å². The fourth-order valence-electron chi connectivity index (χ4n) is 3.66. The summed E-state index contributed by atoms with van der Waals surface area (Å²) in [6.07, 6.45) is 1.13. The molecule has 0 fully saturated rings. The minimum Gasteiger partial charge on any atom is -0.503 e. The van der Waals surface area contributed by atoms with Gasteiger partial charge >= 0.3 is 0 Å². The first-order valence-corrected chi connectivity index (χ1v) is 9.27. The molecule has 0 amide bonds. The van der Waals surface area contributed by atoms with Crippen molar-refractivity contribution in [1.29, 1.82) is 0 Å². The molecular formula is C18H19BrN4O4. The first kappa shape index (κ1) is 17.8. The third-order valence-electron chi connectivity index (χ3n) is 4.85. The highest BCUT2D eigenvalue weighted by atomic mass is 79.9. The van der Waals surface area contributed by atoms with Crippen LogP contribution in [-0.4, -0.2) is 28.3 Å². The average Bonchev–Trinajstić information content (AvgIpc) is 2.95. The Balaban J connectivity index is 1.90. The van der Waals surface area contributed by atoms with Crippen molar-refractivity contribution in [2.45, 2.75) is 32.7 Å². The maximum Gasteiger partial charge on any atom is 0.219 e. The standard InChI is InChI=1S/C18H19BrN4O4/c1-18(2)6-10-13(11(24)7-18)14(21-17-16(20-10)22-27-23-17)8-4-9(19)15(25)12(5-8)26-3/h4-5,14,25H,6-7H2,1-3H3,(H,20,22)(H,21,23)/t14-/m1/s1. The second kappa shape index (κ2) is 6.26. The van der Waals surface area contributed by atoms with Crippen molar-refractivity contribution in [3.63, 3.8) is 0 Å². The van der Waals surface area contributed by atoms with Crippen molar-refractivity contribution >= 4 is 33.3 Å². The monoisotopic (exact) mass is 434 g/mol. The van der Waals surface area contributed by atoms with E-state index in [4.69, 9.17) is 9.37 Å². The van der Waals surface area contributed by atoms with Gasteiger partial charge < -0.3 is 20.5 Å². The minimum absolute atomic E-state index is 0.00194. The second-order valence-corrected chi connectivity index (χ2v) is 8.40. The zero-order chi connectivity index (χ0) is 19.3. The number of methoxy groups -OCH3 is 1. The highest BCUT2D eigenvalue weighted by Gasteiger charge is 2.40. The van der Waals surface area contributed by atoms with E-state index in [-0.39, 0.29) is 16.9 Å². The lowest BCUT2D eigenvalue weighted by Crippen LogP contribution is -2.31. The highest BCUT2D eigenvalue weighted by molar-refractivity contribution is 9.10. The molecule has 0 radical (unpaired) electrons. The van der Waals surface area contributed by atoms with E-state index in [0.717, 1.165) is 11.3 Å². The van der Waals surface area contributed by atoms with E-state index in [1.807, 2.05) is 0 Å². The lowest BCUT2D eigenvalue weighted by molar-refractivity contribution is -0.118. The van der Waals surface area contributed by atoms with E-state index < -0.39 is 6.04 Å². The lowest BCUT2D eigenvalue weighted by atomic mass is 9.73. The average molecular weight is 435 g/mol. The number of benzene rings is 1. The lowest BCUT2D eigenvalue weighted by Gasteiger charge is -2.34. The molecule has 142 valence electrons. The molecule has 9 heteroatoms. The molecule has 2 aromatic rings. The highest BCUT2D eigenvalue weighted by Crippen LogP contribution is 2.46. The minimum atomic E-state index is -0.491. The Morgan fingerprint density at radius 1 is 1.30 bits per heavy atom. The predicted molar refractivity (Wildman–Crippen MR) is 102 cm³/mol. The summed E-state index contributed by atoms with van der Waals surface area (Å²) in [7, 11) is 1.48. The first-order valence-electron chi connectivity index (χ1n) is 8.48. The molecule has 1 aliphatic heterocycles. The van der Waals surface area contributed by atoms with Crippen molar-refractivity contribution in [2.24, 2.45) is 5.41 Å². The number of ether oxygens (including phenoxy) is 1. The number of carbonyl (C=O) groups is 1. The van der Waals surface area contributed by atoms with Gasteiger partial charge in [-0.05, 0) is 55.8 Å². The van der Waals surface area contributed by atoms with Crippen molar-refractivity contribution in [1.82, 2.24) is 10.3 Å². The molecule has 0 bridgehead atoms. The Bertz CT molecular complexity index is 966. The number of nitrogens with zero attached hydrogens (tertiary/aromatic N) is 2. The Morgan fingerprint density at radius 2 is 2.04 bits per heavy atom. The number of carbonyl (C=O) groups excluding carboxylic acids is 1. The molecule has 27 heavy (non-hydrogen) atoms. The molecule has 1 aromatic heterocycles. The number of rotatable bonds is 2. The van der Waals surface area contributed by atoms with Crippen LogP contribution in [0.2, 0.25) is 0 Å². The van der Waals surface area contributed by atoms with Crippen molar-refractivity contribution in [3.05, 3.63) is 33.4 Å². The molecule has 2 heterocycles. The van der Waals surface area contributed by atoms with Crippen LogP contribution in [0.1, 0.15) is 38.3 Å². The van der Waals surface area contributed by atoms with E-state index >= 15 is 0 Å². The maximum atomic E-state index is 13.1. The number of ketones is 1. The third-order valence-corrected chi connectivity index (χ3v) is 5.46. The number of aromatic hydroxyl groups is 1. The summed E-state index contributed by atoms with van der Waals surface area (Å²) in [4.78, 5) is 13.1. The zero-order valence-corrected chi connectivity index (χ0v) is 16.7. The number of Topliss-reactive ketones (excluding diaryl/α,β-unsaturated/α-hetero) is 1. The molecule has 4 rings (SSSR count). The van der Waals surface area contributed by atoms with E-state index in [0.29, 0.717) is 40.3 Å². The van der Waals surface area contributed by atoms with E-state index in [2.05, 4.69) is 50.7 Å². The van der Waals surface area contributed by atoms with Gasteiger partial charge in [0.15, 0.2) is 17.3 Å². The fourth-order valence-corrected chi connectivity index (χ4v) is 4.12. The predicted octanol–water partition coefficient (Wildman–Crippen LogP) is 3.77. The number of nitrogens with one attached hydrogen (secondary N) is 2. The number of fused-ring (bicyclic) bond motifs is 1. The summed E-state index contributed by atoms with van der Waals surface area (Å²) in [6, 6.07) is 2.97. The molecule has 1 aromatic carbocycles. The van der Waals surface area contributed by atoms with Gasteiger partial charge in [0, 0.05) is 17.7 Å². The van der Waals surface area contributed by atoms with Crippen LogP contribution in [0.5, 0.6) is 11.5 Å². The molecular weight excluding hydrogens is 416 g/mol. The number of anilines is 2. The topological polar surface area (TPSA) is 110 Å². The molecule has 3 N–H and O–H groups in total. The molecule has 0 saturated carbocycles. The van der Waals surface area contributed by atoms with E-state index in [1.54, 1.807) is 12.1 Å². The van der Waals surface area contributed by atoms with Crippen molar-refractivity contribution in [3.8, 4) is 11.5 Å². The van der Waals surface area contributed by atoms with E-state index in [1.165, 1.54) is 7.11 Å². The summed E-state index contributed by atoms with van der Waals surface area (Å²) in [6.45, 7) is 4.12. The molecule has 1 atom stereocenters. The van der Waals surface area contributed by atoms with Gasteiger partial charge in [-0.1, -0.05) is 13.8 Å². The SMILES string of the molecule is COc1cc([C@H]2Nc3nonc3NC3=C2C(=O)CC(C)(C)C3)cc(Br)c1O. The van der Waals surface area contributed by atoms with Gasteiger partial charge in [0.1, 0.15) is 0 Å². The molecule has 8 nitrogen and oxygen atoms in total. The summed E-state index contributed by atoms with van der Waals surface area (Å²) < 4.78 is 10.6. The number of aromatic nitrogens is 2. The van der Waals surface area contributed by atoms with Crippen LogP contribution in [0, 0.1) is 5.41 Å². The Morgan fingerprint density at radius 3 is 2.78 bits per heavy atom. The summed E-state index contributed by atoms with van der Waals surface area (Å²) in [5, 5.41) is 24.4. The number of phenolic OH excluding ortho intramolecular Hbond substituents is 1. The number of hydrogen-bond acceptors (Lipinski definition) is 8. The molecule has 2 aliphatic rings. The smallest absolute Gasteiger partial charge is 0.219 e. The van der Waals surface area contributed by atoms with E-state index in [9.17, 15) is 9.90 Å². The maximum absolute atomic E-state index is 13.1. The molecule has 0 unspecified atom stereocenters. The summed E-state index contributed by atoms with van der Waals surface area (Å²) in [5.41, 5.74) is 2.01. The Hall–Kier alpha value is -2.55. The Labute approximate surface area is 164 Å². The van der Waals surface area contributed by atoms with Gasteiger partial charge in [-0.3, -0.25) is 4.79 Å². The molecule has 1 aliphatic carbocycles. The summed E-state index contributed by atoms with van der Waals surface area (Å²) in [5.74, 6) is 1.23. The molecule has 0 saturated heterocycles. The van der Waals surface area contributed by atoms with Crippen LogP contribution in [0.4, 0.5) is 11.6 Å². The number of halogens is 1. The largest absolute Gasteiger partial charge is 0.503 e. The van der Waals surface area contributed by atoms with Crippen LogP contribution in [0.15, 0.2) is 32.5 Å². The first-order chi connectivity index (χ1) is 12.8. The quantitative estimate of drug-likeness (QED) is 0.654. The van der Waals surface area contributed by atoms with Gasteiger partial charge in [-0.2, -0.15) is 0 Å². The number of hydrogen-bond donors (Lipinski definition) is 3. The zero-order valence-electron chi connectivity index (χ0n) is 15.1. The van der Waals surface area contributed by atoms with Crippen LogP contribution >= 0.6 is 15.9 Å².